The number of carboxylic acid groups (broad SMARTS) is 1. The first-order valence-corrected chi connectivity index (χ1v) is 12.5. The third kappa shape index (κ3) is 3.43. The van der Waals surface area contributed by atoms with Crippen LogP contribution in [0.3, 0.4) is 0 Å². The van der Waals surface area contributed by atoms with Gasteiger partial charge in [0, 0.05) is 50.3 Å². The van der Waals surface area contributed by atoms with Gasteiger partial charge in [-0.05, 0) is 55.9 Å². The van der Waals surface area contributed by atoms with Gasteiger partial charge in [-0.3, -0.25) is 4.99 Å². The molecule has 3 aliphatic carbocycles. The maximum absolute atomic E-state index is 12.6. The number of guanidine groups is 1. The summed E-state index contributed by atoms with van der Waals surface area (Å²) in [5.41, 5.74) is 4.99. The van der Waals surface area contributed by atoms with E-state index in [1.54, 1.807) is 7.05 Å². The molecule has 0 saturated heterocycles. The highest BCUT2D eigenvalue weighted by Crippen LogP contribution is 2.77. The molecule has 0 radical (unpaired) electrons. The molecule has 1 heterocycles. The van der Waals surface area contributed by atoms with E-state index in [0.29, 0.717) is 45.0 Å². The molecule has 2 fully saturated rings. The first-order chi connectivity index (χ1) is 16.2. The summed E-state index contributed by atoms with van der Waals surface area (Å²) >= 11 is 0. The summed E-state index contributed by atoms with van der Waals surface area (Å²) in [5, 5.41) is 34.9. The Bertz CT molecular complexity index is 904. The predicted molar refractivity (Wildman–Crippen MR) is 129 cm³/mol. The van der Waals surface area contributed by atoms with Crippen molar-refractivity contribution in [3.8, 4) is 0 Å². The quantitative estimate of drug-likeness (QED) is 0.198. The Morgan fingerprint density at radius 3 is 2.82 bits per heavy atom. The van der Waals surface area contributed by atoms with Crippen LogP contribution in [-0.2, 0) is 9.53 Å². The average molecular weight is 477 g/mol. The molecule has 0 aromatic heterocycles. The second-order valence-corrected chi connectivity index (χ2v) is 10.5. The minimum absolute atomic E-state index is 0.0185. The Morgan fingerprint density at radius 2 is 2.18 bits per heavy atom. The number of hydrogen-bond donors (Lipinski definition) is 5. The molecule has 0 aromatic carbocycles. The van der Waals surface area contributed by atoms with Crippen molar-refractivity contribution in [2.45, 2.75) is 45.1 Å². The van der Waals surface area contributed by atoms with Gasteiger partial charge in [0.05, 0.1) is 18.8 Å². The smallest absolute Gasteiger partial charge is 0.334 e. The summed E-state index contributed by atoms with van der Waals surface area (Å²) in [6.07, 6.45) is 7.16. The van der Waals surface area contributed by atoms with E-state index in [0.717, 1.165) is 18.4 Å². The normalized spacial score (nSPS) is 39.3. The number of nitrogens with two attached hydrogens (primary N) is 1. The van der Waals surface area contributed by atoms with Crippen LogP contribution in [0, 0.1) is 28.6 Å². The van der Waals surface area contributed by atoms with E-state index in [2.05, 4.69) is 23.3 Å². The van der Waals surface area contributed by atoms with Crippen LogP contribution in [0.5, 0.6) is 0 Å². The van der Waals surface area contributed by atoms with Crippen LogP contribution < -0.4 is 11.1 Å². The molecule has 4 rings (SSSR count). The van der Waals surface area contributed by atoms with Crippen LogP contribution in [0.25, 0.3) is 0 Å². The first kappa shape index (κ1) is 25.2. The Morgan fingerprint density at radius 1 is 1.41 bits per heavy atom. The number of hydrogen-bond acceptors (Lipinski definition) is 6. The average Bonchev–Trinajstić information content (AvgIpc) is 3.16. The van der Waals surface area contributed by atoms with Gasteiger partial charge in [-0.25, -0.2) is 4.79 Å². The third-order valence-electron chi connectivity index (χ3n) is 9.20. The lowest BCUT2D eigenvalue weighted by molar-refractivity contribution is -0.139. The highest BCUT2D eigenvalue weighted by atomic mass is 16.5. The molecular weight excluding hydrogens is 436 g/mol. The fourth-order valence-corrected chi connectivity index (χ4v) is 8.00. The molecule has 190 valence electrons. The number of nitrogens with zero attached hydrogens (tertiary/aromatic N) is 2. The maximum Gasteiger partial charge on any atom is 0.334 e. The van der Waals surface area contributed by atoms with Crippen LogP contribution in [0.15, 0.2) is 28.4 Å². The molecule has 6 atom stereocenters. The van der Waals surface area contributed by atoms with Gasteiger partial charge in [-0.1, -0.05) is 13.0 Å². The number of carboxylic acids is 1. The van der Waals surface area contributed by atoms with Crippen molar-refractivity contribution in [2.24, 2.45) is 39.3 Å². The van der Waals surface area contributed by atoms with Crippen molar-refractivity contribution >= 4 is 11.9 Å². The van der Waals surface area contributed by atoms with Crippen LogP contribution in [0.1, 0.15) is 39.5 Å². The van der Waals surface area contributed by atoms with Crippen molar-refractivity contribution in [1.29, 1.82) is 0 Å². The van der Waals surface area contributed by atoms with Gasteiger partial charge in [-0.2, -0.15) is 0 Å². The largest absolute Gasteiger partial charge is 0.478 e. The maximum atomic E-state index is 12.6. The minimum atomic E-state index is -1.53. The zero-order valence-corrected chi connectivity index (χ0v) is 20.6. The van der Waals surface area contributed by atoms with Crippen molar-refractivity contribution in [1.82, 2.24) is 10.2 Å². The predicted octanol–water partition coefficient (Wildman–Crippen LogP) is 0.933. The summed E-state index contributed by atoms with van der Waals surface area (Å²) in [5.74, 6) is -0.0630. The van der Waals surface area contributed by atoms with Gasteiger partial charge in [0.2, 0.25) is 0 Å². The van der Waals surface area contributed by atoms with Crippen LogP contribution in [0.2, 0.25) is 0 Å². The monoisotopic (exact) mass is 476 g/mol. The Kier molecular flexibility index (Phi) is 6.85. The lowest BCUT2D eigenvalue weighted by atomic mass is 9.46. The number of carbonyl (C=O) groups is 1. The van der Waals surface area contributed by atoms with E-state index in [1.807, 2.05) is 18.0 Å². The fourth-order valence-electron chi connectivity index (χ4n) is 8.00. The zero-order valence-electron chi connectivity index (χ0n) is 20.6. The molecule has 4 aliphatic rings. The van der Waals surface area contributed by atoms with Crippen LogP contribution in [-0.4, -0.2) is 84.3 Å². The zero-order chi connectivity index (χ0) is 24.7. The molecule has 0 amide bonds. The number of allylic oxidation sites excluding steroid dienone is 1. The van der Waals surface area contributed by atoms with Crippen LogP contribution >= 0.6 is 0 Å². The third-order valence-corrected chi connectivity index (χ3v) is 9.20. The summed E-state index contributed by atoms with van der Waals surface area (Å²) < 4.78 is 5.64. The van der Waals surface area contributed by atoms with E-state index in [4.69, 9.17) is 10.5 Å². The Balaban J connectivity index is 1.91. The van der Waals surface area contributed by atoms with Gasteiger partial charge >= 0.3 is 5.97 Å². The van der Waals surface area contributed by atoms with Gasteiger partial charge in [-0.15, -0.1) is 0 Å². The molecule has 34 heavy (non-hydrogen) atoms. The van der Waals surface area contributed by atoms with Gasteiger partial charge < -0.3 is 36.0 Å². The van der Waals surface area contributed by atoms with Crippen molar-refractivity contribution in [2.75, 3.05) is 46.5 Å². The van der Waals surface area contributed by atoms with E-state index in [1.165, 1.54) is 0 Å². The van der Waals surface area contributed by atoms with Crippen LogP contribution in [0.4, 0.5) is 0 Å². The summed E-state index contributed by atoms with van der Waals surface area (Å²) in [4.78, 5) is 18.8. The number of nitrogens with one attached hydrogen (secondary N) is 1. The van der Waals surface area contributed by atoms with Crippen molar-refractivity contribution < 1.29 is 24.9 Å². The summed E-state index contributed by atoms with van der Waals surface area (Å²) in [7, 11) is 1.67. The number of aliphatic hydroxyl groups excluding tert-OH is 1. The first-order valence-electron chi connectivity index (χ1n) is 12.5. The molecule has 2 bridgehead atoms. The summed E-state index contributed by atoms with van der Waals surface area (Å²) in [6.45, 7) is 6.29. The highest BCUT2D eigenvalue weighted by Gasteiger charge is 2.74. The highest BCUT2D eigenvalue weighted by molar-refractivity contribution is 5.92. The Hall–Kier alpha value is -1.94. The number of aliphatic hydroxyl groups is 2. The van der Waals surface area contributed by atoms with E-state index in [-0.39, 0.29) is 42.0 Å². The van der Waals surface area contributed by atoms with Crippen molar-refractivity contribution in [3.63, 3.8) is 0 Å². The van der Waals surface area contributed by atoms with E-state index >= 15 is 0 Å². The van der Waals surface area contributed by atoms with Gasteiger partial charge in [0.1, 0.15) is 5.60 Å². The fraction of sp³-hybridized carbons (Fsp3) is 0.760. The summed E-state index contributed by atoms with van der Waals surface area (Å²) in [6, 6.07) is 0. The van der Waals surface area contributed by atoms with Gasteiger partial charge in [0.25, 0.3) is 0 Å². The second kappa shape index (κ2) is 9.26. The number of aliphatic carboxylic acids is 1. The van der Waals surface area contributed by atoms with Gasteiger partial charge in [0.15, 0.2) is 5.96 Å². The molecule has 0 aromatic rings. The topological polar surface area (TPSA) is 141 Å². The molecule has 2 saturated carbocycles. The molecule has 6 N–H and O–H groups in total. The number of ether oxygens (including phenoxy) is 1. The lowest BCUT2D eigenvalue weighted by Crippen LogP contribution is -2.62. The molecule has 9 heteroatoms. The van der Waals surface area contributed by atoms with Crippen molar-refractivity contribution in [3.05, 3.63) is 23.4 Å². The second-order valence-electron chi connectivity index (χ2n) is 10.5. The number of aliphatic imine (C=N–C) groups is 1. The minimum Gasteiger partial charge on any atom is -0.478 e. The molecule has 9 nitrogen and oxygen atoms in total. The SMILES string of the molecule is CCOCC1(O)CC23C(=C1C(=O)O)CC(CCC2C)C31CN(C(N)=NC)C=CC1CNCCO. The number of rotatable bonds is 8. The molecular formula is C25H40N4O5. The Labute approximate surface area is 201 Å². The molecule has 1 aliphatic heterocycles. The van der Waals surface area contributed by atoms with E-state index < -0.39 is 17.0 Å². The lowest BCUT2D eigenvalue weighted by Gasteiger charge is -2.61. The molecule has 2 spiro atoms. The standard InChI is InChI=1S/C25H40N4O5/c1-4-34-15-23(33)13-24-16(2)5-6-17(11-19(24)20(23)21(31)32)25(24)14-29(22(26)27-3)9-7-18(25)12-28-8-10-30/h7,9,16-18,28,30,33H,4-6,8,10-15H2,1-3H3,(H2,26,27)(H,31,32). The molecule has 6 unspecified atom stereocenters. The van der Waals surface area contributed by atoms with E-state index in [9.17, 15) is 20.1 Å².